The molecule has 0 saturated carbocycles. The Balaban J connectivity index is 0.000000867. The zero-order valence-corrected chi connectivity index (χ0v) is 30.9. The van der Waals surface area contributed by atoms with Crippen LogP contribution in [0.3, 0.4) is 0 Å². The number of benzene rings is 2. The lowest BCUT2D eigenvalue weighted by molar-refractivity contribution is 0.0774. The Bertz CT molecular complexity index is 1340. The molecule has 3 aliphatic rings. The second-order valence-electron chi connectivity index (χ2n) is 13.7. The summed E-state index contributed by atoms with van der Waals surface area (Å²) in [5.41, 5.74) is 2.99. The molecule has 0 bridgehead atoms. The molecule has 0 amide bonds. The van der Waals surface area contributed by atoms with Crippen molar-refractivity contribution in [1.82, 2.24) is 19.7 Å². The Hall–Kier alpha value is -2.42. The average molecular weight is 697 g/mol. The topological polar surface area (TPSA) is 59.0 Å². The van der Waals surface area contributed by atoms with E-state index in [0.717, 1.165) is 85.8 Å². The van der Waals surface area contributed by atoms with Gasteiger partial charge in [0.25, 0.3) is 0 Å². The van der Waals surface area contributed by atoms with Crippen LogP contribution in [0.25, 0.3) is 10.9 Å². The van der Waals surface area contributed by atoms with Crippen LogP contribution in [-0.2, 0) is 17.9 Å². The predicted molar refractivity (Wildman–Crippen MR) is 207 cm³/mol. The lowest BCUT2D eigenvalue weighted by Gasteiger charge is -2.40. The molecule has 1 unspecified atom stereocenters. The molecule has 6 rings (SSSR count). The van der Waals surface area contributed by atoms with E-state index < -0.39 is 0 Å². The summed E-state index contributed by atoms with van der Waals surface area (Å²) in [6.45, 7) is 12.7. The van der Waals surface area contributed by atoms with Crippen LogP contribution in [0.2, 0.25) is 5.02 Å². The third-order valence-electron chi connectivity index (χ3n) is 9.77. The summed E-state index contributed by atoms with van der Waals surface area (Å²) in [5.74, 6) is 1.72. The summed E-state index contributed by atoms with van der Waals surface area (Å²) in [5, 5.41) is 5.30. The van der Waals surface area contributed by atoms with Crippen LogP contribution in [0.4, 0.5) is 0 Å². The molecule has 3 aromatic rings. The first-order chi connectivity index (χ1) is 23.5. The smallest absolute Gasteiger partial charge is 0.179 e. The van der Waals surface area contributed by atoms with Crippen molar-refractivity contribution >= 4 is 28.3 Å². The molecular formula is C41H65ClN4O3. The van der Waals surface area contributed by atoms with Crippen molar-refractivity contribution in [3.8, 4) is 5.75 Å². The molecule has 8 heteroatoms. The van der Waals surface area contributed by atoms with Crippen LogP contribution in [0.1, 0.15) is 102 Å². The van der Waals surface area contributed by atoms with E-state index in [4.69, 9.17) is 16.3 Å². The van der Waals surface area contributed by atoms with Gasteiger partial charge >= 0.3 is 0 Å². The Labute approximate surface area is 302 Å². The van der Waals surface area contributed by atoms with Gasteiger partial charge < -0.3 is 24.3 Å². The quantitative estimate of drug-likeness (QED) is 0.202. The number of hydrogen-bond acceptors (Lipinski definition) is 6. The van der Waals surface area contributed by atoms with Gasteiger partial charge in [-0.15, -0.1) is 0 Å². The highest BCUT2D eigenvalue weighted by atomic mass is 35.5. The highest BCUT2D eigenvalue weighted by Crippen LogP contribution is 2.30. The van der Waals surface area contributed by atoms with Gasteiger partial charge in [0.1, 0.15) is 12.4 Å². The largest absolute Gasteiger partial charge is 0.487 e. The predicted octanol–water partition coefficient (Wildman–Crippen LogP) is 9.10. The minimum Gasteiger partial charge on any atom is -0.487 e. The number of methoxy groups -OCH3 is 1. The number of ketones is 1. The van der Waals surface area contributed by atoms with Crippen LogP contribution in [-0.4, -0.2) is 86.2 Å². The number of nitrogens with zero attached hydrogens (tertiary/aromatic N) is 3. The molecule has 3 saturated heterocycles. The van der Waals surface area contributed by atoms with Gasteiger partial charge in [0.2, 0.25) is 0 Å². The number of nitrogens with one attached hydrogen (secondary N) is 1. The summed E-state index contributed by atoms with van der Waals surface area (Å²) in [7, 11) is 3.25. The molecule has 1 atom stereocenters. The van der Waals surface area contributed by atoms with Crippen molar-refractivity contribution < 1.29 is 14.3 Å². The van der Waals surface area contributed by atoms with E-state index in [-0.39, 0.29) is 13.2 Å². The summed E-state index contributed by atoms with van der Waals surface area (Å²) < 4.78 is 12.9. The summed E-state index contributed by atoms with van der Waals surface area (Å²) in [4.78, 5) is 19.3. The molecule has 0 radical (unpaired) electrons. The third-order valence-corrected chi connectivity index (χ3v) is 10.0. The van der Waals surface area contributed by atoms with Crippen molar-refractivity contribution in [2.24, 2.45) is 5.92 Å². The van der Waals surface area contributed by atoms with Gasteiger partial charge in [-0.1, -0.05) is 63.9 Å². The van der Waals surface area contributed by atoms with Crippen LogP contribution in [0.5, 0.6) is 5.75 Å². The minimum atomic E-state index is 0. The van der Waals surface area contributed by atoms with Gasteiger partial charge in [-0.3, -0.25) is 9.69 Å². The zero-order chi connectivity index (χ0) is 34.1. The van der Waals surface area contributed by atoms with E-state index >= 15 is 0 Å². The van der Waals surface area contributed by atoms with Gasteiger partial charge in [0.15, 0.2) is 5.78 Å². The summed E-state index contributed by atoms with van der Waals surface area (Å²) in [6, 6.07) is 16.6. The number of halogens is 1. The third kappa shape index (κ3) is 12.4. The van der Waals surface area contributed by atoms with Gasteiger partial charge in [-0.05, 0) is 114 Å². The van der Waals surface area contributed by atoms with E-state index in [0.29, 0.717) is 24.2 Å². The van der Waals surface area contributed by atoms with Gasteiger partial charge in [-0.25, -0.2) is 0 Å². The number of rotatable bonds is 11. The average Bonchev–Trinajstić information content (AvgIpc) is 3.43. The maximum atomic E-state index is 14.2. The van der Waals surface area contributed by atoms with Gasteiger partial charge in [0, 0.05) is 55.8 Å². The zero-order valence-electron chi connectivity index (χ0n) is 30.2. The Morgan fingerprint density at radius 1 is 0.918 bits per heavy atom. The molecule has 274 valence electrons. The van der Waals surface area contributed by atoms with E-state index in [1.165, 1.54) is 58.0 Å². The van der Waals surface area contributed by atoms with Crippen molar-refractivity contribution in [1.29, 1.82) is 0 Å². The van der Waals surface area contributed by atoms with E-state index in [1.807, 2.05) is 24.3 Å². The molecule has 1 N–H and O–H groups in total. The van der Waals surface area contributed by atoms with Crippen molar-refractivity contribution in [2.45, 2.75) is 105 Å². The molecule has 7 nitrogen and oxygen atoms in total. The summed E-state index contributed by atoms with van der Waals surface area (Å²) >= 11 is 6.13. The molecule has 49 heavy (non-hydrogen) atoms. The number of hydrogen-bond donors (Lipinski definition) is 1. The molecule has 2 aromatic carbocycles. The van der Waals surface area contributed by atoms with Crippen LogP contribution < -0.4 is 10.1 Å². The van der Waals surface area contributed by atoms with Crippen LogP contribution in [0, 0.1) is 5.92 Å². The minimum absolute atomic E-state index is 0. The van der Waals surface area contributed by atoms with E-state index in [2.05, 4.69) is 62.5 Å². The second-order valence-corrected chi connectivity index (χ2v) is 14.2. The Morgan fingerprint density at radius 2 is 1.59 bits per heavy atom. The van der Waals surface area contributed by atoms with Crippen LogP contribution in [0.15, 0.2) is 48.5 Å². The molecule has 1 aromatic heterocycles. The Morgan fingerprint density at radius 3 is 2.24 bits per heavy atom. The highest BCUT2D eigenvalue weighted by molar-refractivity contribution is 6.30. The standard InChI is InChI=1S/C35H47ClN4O2.C3H8.C2H6O.CH4/c36-28-12-14-30(15-13-28)42-26-33-35(34(41)25-38-22-16-29(17-23-38)39-19-4-1-5-20-39)31-10-2-3-11-32(31)40(33)21-7-9-27-8-6-18-37-24-27;2*1-3-2;/h2-3,10-15,27,29,37H,1,4-9,16-26H2;3H2,1-2H3;1-2H3;1H4. The number of fused-ring (bicyclic) bond motifs is 1. The van der Waals surface area contributed by atoms with Crippen molar-refractivity contribution in [3.63, 3.8) is 0 Å². The first kappa shape index (κ1) is 41.0. The molecule has 3 aliphatic heterocycles. The van der Waals surface area contributed by atoms with Gasteiger partial charge in [-0.2, -0.15) is 0 Å². The number of para-hydroxylation sites is 1. The van der Waals surface area contributed by atoms with E-state index in [1.54, 1.807) is 14.2 Å². The monoisotopic (exact) mass is 696 g/mol. The lowest BCUT2D eigenvalue weighted by atomic mass is 9.95. The fourth-order valence-electron chi connectivity index (χ4n) is 7.47. The first-order valence-corrected chi connectivity index (χ1v) is 19.0. The molecule has 0 aliphatic carbocycles. The number of carbonyl (C=O) groups is 1. The van der Waals surface area contributed by atoms with E-state index in [9.17, 15) is 4.79 Å². The molecule has 3 fully saturated rings. The van der Waals surface area contributed by atoms with Crippen molar-refractivity contribution in [3.05, 3.63) is 64.8 Å². The molecular weight excluding hydrogens is 632 g/mol. The van der Waals surface area contributed by atoms with Crippen LogP contribution >= 0.6 is 11.6 Å². The lowest BCUT2D eigenvalue weighted by Crippen LogP contribution is -2.47. The second kappa shape index (κ2) is 22.4. The Kier molecular flexibility index (Phi) is 18.8. The fourth-order valence-corrected chi connectivity index (χ4v) is 7.60. The summed E-state index contributed by atoms with van der Waals surface area (Å²) in [6.07, 6.45) is 12.5. The first-order valence-electron chi connectivity index (χ1n) is 18.6. The number of aryl methyl sites for hydroxylation is 1. The number of Topliss-reactive ketones (excluding diaryl/α,β-unsaturated/α-hetero) is 1. The van der Waals surface area contributed by atoms with Gasteiger partial charge in [0.05, 0.1) is 17.8 Å². The SMILES string of the molecule is C.CCC.COC.O=C(CN1CCC(N2CCCCC2)CC1)c1c(COc2ccc(Cl)cc2)n(CCCC2CCCNC2)c2ccccc12. The fraction of sp³-hybridized carbons (Fsp3) is 0.634. The highest BCUT2D eigenvalue weighted by Gasteiger charge is 2.29. The number of ether oxygens (including phenoxy) is 2. The maximum Gasteiger partial charge on any atom is 0.179 e. The number of aromatic nitrogens is 1. The molecule has 4 heterocycles. The number of carbonyl (C=O) groups excluding carboxylic acids is 1. The number of likely N-dealkylation sites (tertiary alicyclic amines) is 2. The maximum absolute atomic E-state index is 14.2. The van der Waals surface area contributed by atoms with Crippen molar-refractivity contribution in [2.75, 3.05) is 60.0 Å². The molecule has 0 spiro atoms. The number of piperidine rings is 3. The normalized spacial score (nSPS) is 18.8.